The van der Waals surface area contributed by atoms with Crippen molar-refractivity contribution in [1.82, 2.24) is 9.29 Å². The summed E-state index contributed by atoms with van der Waals surface area (Å²) in [4.78, 5) is 17.5. The predicted molar refractivity (Wildman–Crippen MR) is 137 cm³/mol. The van der Waals surface area contributed by atoms with Gasteiger partial charge in [-0.2, -0.15) is 4.31 Å². The zero-order chi connectivity index (χ0) is 23.5. The van der Waals surface area contributed by atoms with Crippen LogP contribution in [0.25, 0.3) is 22.0 Å². The maximum atomic E-state index is 12.9. The molecule has 0 radical (unpaired) electrons. The average Bonchev–Trinajstić information content (AvgIpc) is 3.14. The number of benzene rings is 3. The van der Waals surface area contributed by atoms with Crippen LogP contribution in [0.5, 0.6) is 0 Å². The van der Waals surface area contributed by atoms with Crippen molar-refractivity contribution >= 4 is 43.2 Å². The second kappa shape index (κ2) is 9.66. The molecular formula is C26H25N3O3S2. The first-order valence-corrected chi connectivity index (χ1v) is 13.7. The fraction of sp³-hybridized carbons (Fsp3) is 0.231. The highest BCUT2D eigenvalue weighted by Crippen LogP contribution is 2.28. The number of amides is 1. The van der Waals surface area contributed by atoms with Gasteiger partial charge in [0.25, 0.3) is 5.91 Å². The number of carbonyl (C=O) groups is 1. The predicted octanol–water partition coefficient (Wildman–Crippen LogP) is 5.78. The molecular weight excluding hydrogens is 466 g/mol. The average molecular weight is 492 g/mol. The van der Waals surface area contributed by atoms with E-state index in [1.54, 1.807) is 16.4 Å². The van der Waals surface area contributed by atoms with E-state index in [0.29, 0.717) is 23.8 Å². The van der Waals surface area contributed by atoms with Crippen LogP contribution in [0.1, 0.15) is 36.0 Å². The van der Waals surface area contributed by atoms with Crippen LogP contribution in [0.4, 0.5) is 5.13 Å². The molecule has 0 spiro atoms. The third kappa shape index (κ3) is 4.75. The summed E-state index contributed by atoms with van der Waals surface area (Å²) in [6.07, 6.45) is 3.89. The van der Waals surface area contributed by atoms with Crippen LogP contribution in [0.3, 0.4) is 0 Å². The van der Waals surface area contributed by atoms with Gasteiger partial charge in [0.05, 0.1) is 10.6 Å². The molecule has 1 aliphatic heterocycles. The molecule has 174 valence electrons. The highest BCUT2D eigenvalue weighted by molar-refractivity contribution is 7.89. The maximum absolute atomic E-state index is 12.9. The summed E-state index contributed by atoms with van der Waals surface area (Å²) in [5, 5.41) is 7.53. The molecule has 1 aliphatic rings. The number of hydrogen-bond acceptors (Lipinski definition) is 5. The van der Waals surface area contributed by atoms with E-state index >= 15 is 0 Å². The Kier molecular flexibility index (Phi) is 6.45. The van der Waals surface area contributed by atoms with E-state index in [2.05, 4.69) is 34.6 Å². The molecule has 1 N–H and O–H groups in total. The summed E-state index contributed by atoms with van der Waals surface area (Å²) in [6.45, 7) is 1.10. The van der Waals surface area contributed by atoms with Gasteiger partial charge in [-0.25, -0.2) is 13.4 Å². The molecule has 0 bridgehead atoms. The highest BCUT2D eigenvalue weighted by atomic mass is 32.2. The molecule has 5 rings (SSSR count). The number of carbonyl (C=O) groups excluding carboxylic acids is 1. The lowest BCUT2D eigenvalue weighted by molar-refractivity contribution is 0.102. The molecule has 4 aromatic rings. The minimum Gasteiger partial charge on any atom is -0.298 e. The third-order valence-electron chi connectivity index (χ3n) is 6.09. The quantitative estimate of drug-likeness (QED) is 0.384. The molecule has 2 heterocycles. The second-order valence-electron chi connectivity index (χ2n) is 8.40. The van der Waals surface area contributed by atoms with E-state index in [0.717, 1.165) is 47.7 Å². The lowest BCUT2D eigenvalue weighted by Gasteiger charge is -2.20. The lowest BCUT2D eigenvalue weighted by Crippen LogP contribution is -2.31. The van der Waals surface area contributed by atoms with Gasteiger partial charge < -0.3 is 0 Å². The van der Waals surface area contributed by atoms with Gasteiger partial charge in [0.2, 0.25) is 10.0 Å². The highest BCUT2D eigenvalue weighted by Gasteiger charge is 2.25. The van der Waals surface area contributed by atoms with Gasteiger partial charge in [-0.05, 0) is 53.9 Å². The number of nitrogens with zero attached hydrogens (tertiary/aromatic N) is 2. The van der Waals surface area contributed by atoms with E-state index in [4.69, 9.17) is 0 Å². The number of thiazole rings is 1. The number of anilines is 1. The van der Waals surface area contributed by atoms with Crippen molar-refractivity contribution in [2.75, 3.05) is 18.4 Å². The van der Waals surface area contributed by atoms with Gasteiger partial charge in [0, 0.05) is 29.6 Å². The van der Waals surface area contributed by atoms with E-state index in [-0.39, 0.29) is 10.8 Å². The van der Waals surface area contributed by atoms with Crippen LogP contribution in [-0.4, -0.2) is 36.7 Å². The first kappa shape index (κ1) is 22.7. The summed E-state index contributed by atoms with van der Waals surface area (Å²) < 4.78 is 27.5. The molecule has 1 saturated heterocycles. The van der Waals surface area contributed by atoms with Crippen molar-refractivity contribution in [3.05, 3.63) is 77.7 Å². The number of hydrogen-bond donors (Lipinski definition) is 1. The smallest absolute Gasteiger partial charge is 0.257 e. The maximum Gasteiger partial charge on any atom is 0.257 e. The van der Waals surface area contributed by atoms with E-state index < -0.39 is 10.0 Å². The van der Waals surface area contributed by atoms with Gasteiger partial charge in [0.15, 0.2) is 5.13 Å². The lowest BCUT2D eigenvalue weighted by atomic mass is 10.1. The van der Waals surface area contributed by atoms with Crippen molar-refractivity contribution in [2.24, 2.45) is 0 Å². The monoisotopic (exact) mass is 491 g/mol. The normalized spacial score (nSPS) is 15.2. The van der Waals surface area contributed by atoms with Crippen LogP contribution in [-0.2, 0) is 10.0 Å². The minimum absolute atomic E-state index is 0.221. The Labute approximate surface area is 203 Å². The van der Waals surface area contributed by atoms with Crippen molar-refractivity contribution in [3.63, 3.8) is 0 Å². The number of nitrogens with one attached hydrogen (secondary N) is 1. The summed E-state index contributed by atoms with van der Waals surface area (Å²) in [7, 11) is -3.54. The molecule has 6 nitrogen and oxygen atoms in total. The zero-order valence-corrected chi connectivity index (χ0v) is 20.2. The molecule has 1 fully saturated rings. The van der Waals surface area contributed by atoms with E-state index in [1.807, 2.05) is 23.6 Å². The summed E-state index contributed by atoms with van der Waals surface area (Å²) in [5.74, 6) is -0.321. The molecule has 0 aliphatic carbocycles. The largest absolute Gasteiger partial charge is 0.298 e. The molecule has 34 heavy (non-hydrogen) atoms. The van der Waals surface area contributed by atoms with Crippen LogP contribution >= 0.6 is 11.3 Å². The SMILES string of the molecule is O=C(Nc1nc(-c2ccc3ccccc3c2)cs1)c1ccc(S(=O)(=O)N2CCCCCC2)cc1. The first-order chi connectivity index (χ1) is 16.5. The third-order valence-corrected chi connectivity index (χ3v) is 8.76. The topological polar surface area (TPSA) is 79.4 Å². The first-order valence-electron chi connectivity index (χ1n) is 11.4. The minimum atomic E-state index is -3.54. The van der Waals surface area contributed by atoms with Crippen molar-refractivity contribution in [2.45, 2.75) is 30.6 Å². The van der Waals surface area contributed by atoms with Crippen molar-refractivity contribution in [1.29, 1.82) is 0 Å². The van der Waals surface area contributed by atoms with Crippen LogP contribution in [0, 0.1) is 0 Å². The van der Waals surface area contributed by atoms with Gasteiger partial charge in [-0.1, -0.05) is 49.2 Å². The van der Waals surface area contributed by atoms with Crippen molar-refractivity contribution < 1.29 is 13.2 Å². The Morgan fingerprint density at radius 2 is 1.59 bits per heavy atom. The second-order valence-corrected chi connectivity index (χ2v) is 11.2. The van der Waals surface area contributed by atoms with Crippen LogP contribution in [0.15, 0.2) is 77.0 Å². The Balaban J connectivity index is 1.28. The van der Waals surface area contributed by atoms with E-state index in [1.165, 1.54) is 23.5 Å². The zero-order valence-electron chi connectivity index (χ0n) is 18.6. The summed E-state index contributed by atoms with van der Waals surface area (Å²) in [5.41, 5.74) is 2.17. The number of sulfonamides is 1. The fourth-order valence-electron chi connectivity index (χ4n) is 4.19. The molecule has 1 amide bonds. The van der Waals surface area contributed by atoms with Crippen molar-refractivity contribution in [3.8, 4) is 11.3 Å². The summed E-state index contributed by atoms with van der Waals surface area (Å²) >= 11 is 1.36. The molecule has 8 heteroatoms. The number of fused-ring (bicyclic) bond motifs is 1. The molecule has 0 atom stereocenters. The van der Waals surface area contributed by atoms with Gasteiger partial charge in [-0.3, -0.25) is 10.1 Å². The Morgan fingerprint density at radius 3 is 2.32 bits per heavy atom. The molecule has 0 saturated carbocycles. The Hall–Kier alpha value is -3.07. The van der Waals surface area contributed by atoms with Gasteiger partial charge in [0.1, 0.15) is 0 Å². The number of aromatic nitrogens is 1. The fourth-order valence-corrected chi connectivity index (χ4v) is 6.42. The number of rotatable bonds is 5. The van der Waals surface area contributed by atoms with E-state index in [9.17, 15) is 13.2 Å². The molecule has 1 aromatic heterocycles. The summed E-state index contributed by atoms with van der Waals surface area (Å²) in [6, 6.07) is 20.4. The standard InChI is InChI=1S/C26H25N3O3S2/c30-25(20-11-13-23(14-12-20)34(31,32)29-15-5-1-2-6-16-29)28-26-27-24(18-33-26)22-10-9-19-7-3-4-8-21(19)17-22/h3-4,7-14,17-18H,1-2,5-6,15-16H2,(H,27,28,30). The molecule has 0 unspecified atom stereocenters. The van der Waals surface area contributed by atoms with Crippen LogP contribution < -0.4 is 5.32 Å². The Morgan fingerprint density at radius 1 is 0.882 bits per heavy atom. The Bertz CT molecular complexity index is 1420. The van der Waals surface area contributed by atoms with Gasteiger partial charge >= 0.3 is 0 Å². The van der Waals surface area contributed by atoms with Crippen LogP contribution in [0.2, 0.25) is 0 Å². The molecule has 3 aromatic carbocycles. The van der Waals surface area contributed by atoms with Gasteiger partial charge in [-0.15, -0.1) is 11.3 Å².